The van der Waals surface area contributed by atoms with Crippen molar-refractivity contribution < 1.29 is 19.3 Å². The van der Waals surface area contributed by atoms with Crippen LogP contribution in [0.3, 0.4) is 0 Å². The number of nitro groups is 1. The number of anilines is 1. The molecule has 1 heterocycles. The van der Waals surface area contributed by atoms with Crippen LogP contribution < -0.4 is 10.6 Å². The van der Waals surface area contributed by atoms with Gasteiger partial charge in [0.05, 0.1) is 10.6 Å². The number of carbonyl (C=O) groups excluding carboxylic acids is 3. The number of hydrogen-bond acceptors (Lipinski definition) is 6. The van der Waals surface area contributed by atoms with Crippen LogP contribution >= 0.6 is 12.4 Å². The number of carbonyl (C=O) groups is 3. The molecule has 2 N–H and O–H groups in total. The maximum absolute atomic E-state index is 12.5. The normalized spacial score (nSPS) is 18.5. The third-order valence-electron chi connectivity index (χ3n) is 5.30. The van der Waals surface area contributed by atoms with Crippen LogP contribution in [0.5, 0.6) is 0 Å². The van der Waals surface area contributed by atoms with Crippen molar-refractivity contribution in [3.8, 4) is 0 Å². The summed E-state index contributed by atoms with van der Waals surface area (Å²) in [5, 5.41) is 10.9. The Hall–Kier alpha value is -2.52. The van der Waals surface area contributed by atoms with Crippen LogP contribution in [0.15, 0.2) is 24.3 Å². The fourth-order valence-corrected chi connectivity index (χ4v) is 3.22. The molecule has 30 heavy (non-hydrogen) atoms. The number of non-ortho nitro benzene ring substituents is 1. The van der Waals surface area contributed by atoms with Gasteiger partial charge in [-0.25, -0.2) is 9.69 Å². The molecule has 1 aromatic carbocycles. The molecule has 164 valence electrons. The van der Waals surface area contributed by atoms with Gasteiger partial charge >= 0.3 is 6.03 Å². The number of benzene rings is 1. The van der Waals surface area contributed by atoms with E-state index in [1.807, 2.05) is 0 Å². The minimum absolute atomic E-state index is 0. The third kappa shape index (κ3) is 6.24. The molecule has 0 aromatic heterocycles. The van der Waals surface area contributed by atoms with E-state index in [0.29, 0.717) is 5.92 Å². The van der Waals surface area contributed by atoms with Crippen LogP contribution in [0.2, 0.25) is 0 Å². The van der Waals surface area contributed by atoms with Gasteiger partial charge < -0.3 is 5.73 Å². The van der Waals surface area contributed by atoms with Crippen LogP contribution in [0, 0.1) is 22.0 Å². The molecule has 4 rings (SSSR count). The zero-order valence-electron chi connectivity index (χ0n) is 16.7. The number of imide groups is 2. The second-order valence-corrected chi connectivity index (χ2v) is 7.76. The molecule has 2 saturated carbocycles. The summed E-state index contributed by atoms with van der Waals surface area (Å²) in [7, 11) is 0. The SMILES string of the molecule is Cl.NCCC1CC1.O=C1CC(=O)N(c2cccc([N+](=O)[O-])c2)C(=O)N1CCC1CC1. The van der Waals surface area contributed by atoms with Crippen LogP contribution in [-0.4, -0.2) is 40.8 Å². The lowest BCUT2D eigenvalue weighted by molar-refractivity contribution is -0.384. The van der Waals surface area contributed by atoms with Crippen LogP contribution in [0.25, 0.3) is 0 Å². The van der Waals surface area contributed by atoms with Crippen molar-refractivity contribution in [2.24, 2.45) is 17.6 Å². The lowest BCUT2D eigenvalue weighted by Crippen LogP contribution is -2.55. The Morgan fingerprint density at radius 2 is 1.67 bits per heavy atom. The molecule has 1 aliphatic heterocycles. The molecule has 10 heteroatoms. The number of nitrogens with two attached hydrogens (primary N) is 1. The van der Waals surface area contributed by atoms with Crippen molar-refractivity contribution in [2.75, 3.05) is 18.0 Å². The van der Waals surface area contributed by atoms with E-state index in [9.17, 15) is 24.5 Å². The highest BCUT2D eigenvalue weighted by atomic mass is 35.5. The first-order chi connectivity index (χ1) is 13.9. The summed E-state index contributed by atoms with van der Waals surface area (Å²) in [4.78, 5) is 48.7. The molecule has 3 fully saturated rings. The fraction of sp³-hybridized carbons (Fsp3) is 0.550. The van der Waals surface area contributed by atoms with E-state index in [2.05, 4.69) is 0 Å². The summed E-state index contributed by atoms with van der Waals surface area (Å²) in [6, 6.07) is 4.55. The Kier molecular flexibility index (Phi) is 8.31. The summed E-state index contributed by atoms with van der Waals surface area (Å²) < 4.78 is 0. The minimum Gasteiger partial charge on any atom is -0.330 e. The topological polar surface area (TPSA) is 127 Å². The summed E-state index contributed by atoms with van der Waals surface area (Å²) in [6.07, 6.45) is 6.68. The number of halogens is 1. The molecule has 4 amide bonds. The number of urea groups is 1. The van der Waals surface area contributed by atoms with Gasteiger partial charge in [-0.15, -0.1) is 12.4 Å². The first-order valence-corrected chi connectivity index (χ1v) is 10.0. The summed E-state index contributed by atoms with van der Waals surface area (Å²) in [6.45, 7) is 1.17. The Balaban J connectivity index is 0.000000395. The van der Waals surface area contributed by atoms with Crippen LogP contribution in [-0.2, 0) is 9.59 Å². The standard InChI is InChI=1S/C15H15N3O5.C5H11N.ClH/c19-13-9-14(20)17(11-2-1-3-12(8-11)18(22)23)15(21)16(13)7-6-10-4-5-10;6-4-3-5-1-2-5;/h1-3,8,10H,4-7,9H2;5H,1-4,6H2;1H. The van der Waals surface area contributed by atoms with Gasteiger partial charge in [0.15, 0.2) is 0 Å². The third-order valence-corrected chi connectivity index (χ3v) is 5.30. The first-order valence-electron chi connectivity index (χ1n) is 10.0. The zero-order chi connectivity index (χ0) is 21.0. The Labute approximate surface area is 181 Å². The number of hydrogen-bond donors (Lipinski definition) is 1. The molecule has 0 atom stereocenters. The van der Waals surface area contributed by atoms with E-state index >= 15 is 0 Å². The lowest BCUT2D eigenvalue weighted by Gasteiger charge is -2.32. The Morgan fingerprint density at radius 3 is 2.20 bits per heavy atom. The molecule has 9 nitrogen and oxygen atoms in total. The second kappa shape index (κ2) is 10.5. The first kappa shape index (κ1) is 23.8. The monoisotopic (exact) mass is 438 g/mol. The molecule has 0 radical (unpaired) electrons. The highest BCUT2D eigenvalue weighted by molar-refractivity contribution is 6.26. The number of nitro benzene ring substituents is 1. The van der Waals surface area contributed by atoms with E-state index in [1.54, 1.807) is 0 Å². The van der Waals surface area contributed by atoms with Gasteiger partial charge in [0.2, 0.25) is 11.8 Å². The quantitative estimate of drug-likeness (QED) is 0.395. The lowest BCUT2D eigenvalue weighted by atomic mass is 10.2. The summed E-state index contributed by atoms with van der Waals surface area (Å²) >= 11 is 0. The Morgan fingerprint density at radius 1 is 1.03 bits per heavy atom. The van der Waals surface area contributed by atoms with Gasteiger partial charge in [-0.2, -0.15) is 0 Å². The van der Waals surface area contributed by atoms with E-state index in [-0.39, 0.29) is 30.3 Å². The van der Waals surface area contributed by atoms with Crippen LogP contribution in [0.4, 0.5) is 16.2 Å². The van der Waals surface area contributed by atoms with Gasteiger partial charge in [-0.05, 0) is 37.3 Å². The Bertz CT molecular complexity index is 810. The van der Waals surface area contributed by atoms with Gasteiger partial charge in [0.1, 0.15) is 6.42 Å². The summed E-state index contributed by atoms with van der Waals surface area (Å²) in [5.74, 6) is 0.389. The second-order valence-electron chi connectivity index (χ2n) is 7.76. The highest BCUT2D eigenvalue weighted by Gasteiger charge is 2.39. The zero-order valence-corrected chi connectivity index (χ0v) is 17.5. The number of rotatable bonds is 7. The molecule has 1 saturated heterocycles. The van der Waals surface area contributed by atoms with Crippen molar-refractivity contribution >= 4 is 41.6 Å². The molecule has 2 aliphatic carbocycles. The molecule has 3 aliphatic rings. The largest absolute Gasteiger partial charge is 0.338 e. The van der Waals surface area contributed by atoms with Crippen molar-refractivity contribution in [3.63, 3.8) is 0 Å². The van der Waals surface area contributed by atoms with Gasteiger partial charge in [-0.3, -0.25) is 24.6 Å². The number of nitrogens with zero attached hydrogens (tertiary/aromatic N) is 3. The van der Waals surface area contributed by atoms with Gasteiger partial charge in [-0.1, -0.05) is 31.7 Å². The molecule has 0 bridgehead atoms. The van der Waals surface area contributed by atoms with Gasteiger partial charge in [0, 0.05) is 18.7 Å². The van der Waals surface area contributed by atoms with E-state index in [4.69, 9.17) is 5.73 Å². The molecular formula is C20H27ClN4O5. The van der Waals surface area contributed by atoms with Gasteiger partial charge in [0.25, 0.3) is 5.69 Å². The molecule has 0 unspecified atom stereocenters. The number of barbiturate groups is 1. The maximum atomic E-state index is 12.5. The smallest absolute Gasteiger partial charge is 0.330 e. The van der Waals surface area contributed by atoms with E-state index in [0.717, 1.165) is 47.6 Å². The molecule has 1 aromatic rings. The predicted octanol–water partition coefficient (Wildman–Crippen LogP) is 3.25. The average molecular weight is 439 g/mol. The average Bonchev–Trinajstić information content (AvgIpc) is 3.58. The van der Waals surface area contributed by atoms with Crippen molar-refractivity contribution in [1.82, 2.24) is 4.90 Å². The minimum atomic E-state index is -0.729. The van der Waals surface area contributed by atoms with E-state index in [1.165, 1.54) is 37.5 Å². The molecular weight excluding hydrogens is 412 g/mol. The maximum Gasteiger partial charge on any atom is 0.338 e. The van der Waals surface area contributed by atoms with E-state index < -0.39 is 29.2 Å². The predicted molar refractivity (Wildman–Crippen MR) is 113 cm³/mol. The van der Waals surface area contributed by atoms with Crippen LogP contribution in [0.1, 0.15) is 44.9 Å². The van der Waals surface area contributed by atoms with Crippen molar-refractivity contribution in [1.29, 1.82) is 0 Å². The van der Waals surface area contributed by atoms with Crippen molar-refractivity contribution in [2.45, 2.75) is 44.9 Å². The molecule has 0 spiro atoms. The van der Waals surface area contributed by atoms with Crippen molar-refractivity contribution in [3.05, 3.63) is 34.4 Å². The summed E-state index contributed by atoms with van der Waals surface area (Å²) in [5.41, 5.74) is 5.16. The fourth-order valence-electron chi connectivity index (χ4n) is 3.22. The highest BCUT2D eigenvalue weighted by Crippen LogP contribution is 2.33. The number of amides is 4.